The van der Waals surface area contributed by atoms with Crippen molar-refractivity contribution in [3.05, 3.63) is 83.3 Å². The summed E-state index contributed by atoms with van der Waals surface area (Å²) >= 11 is 3.38. The predicted molar refractivity (Wildman–Crippen MR) is 112 cm³/mol. The van der Waals surface area contributed by atoms with Gasteiger partial charge in [-0.1, -0.05) is 46.3 Å². The molecule has 7 heteroatoms. The molecule has 0 bridgehead atoms. The van der Waals surface area contributed by atoms with Crippen molar-refractivity contribution in [2.24, 2.45) is 0 Å². The van der Waals surface area contributed by atoms with Crippen LogP contribution in [0.2, 0.25) is 0 Å². The van der Waals surface area contributed by atoms with Gasteiger partial charge in [0.15, 0.2) is 0 Å². The van der Waals surface area contributed by atoms with Gasteiger partial charge in [0, 0.05) is 27.0 Å². The first kappa shape index (κ1) is 17.9. The number of anilines is 2. The van der Waals surface area contributed by atoms with Crippen LogP contribution in [-0.2, 0) is 0 Å². The maximum atomic E-state index is 12.2. The third-order valence-electron chi connectivity index (χ3n) is 3.90. The number of hydrogen-bond acceptors (Lipinski definition) is 4. The third-order valence-corrected chi connectivity index (χ3v) is 4.39. The minimum atomic E-state index is -0.342. The van der Waals surface area contributed by atoms with Gasteiger partial charge in [-0.15, -0.1) is 10.2 Å². The Hall–Kier alpha value is -3.45. The number of benzene rings is 3. The molecule has 0 spiro atoms. The number of carbonyl (C=O) groups is 1. The zero-order valence-corrected chi connectivity index (χ0v) is 16.2. The molecule has 0 atom stereocenters. The highest BCUT2D eigenvalue weighted by Gasteiger charge is 2.11. The zero-order chi connectivity index (χ0) is 19.3. The fourth-order valence-electron chi connectivity index (χ4n) is 2.63. The number of nitrogens with zero attached hydrogens (tertiary/aromatic N) is 2. The Morgan fingerprint density at radius 2 is 1.36 bits per heavy atom. The van der Waals surface area contributed by atoms with E-state index in [9.17, 15) is 4.79 Å². The summed E-state index contributed by atoms with van der Waals surface area (Å²) in [7, 11) is 0. The van der Waals surface area contributed by atoms with Gasteiger partial charge in [0.25, 0.3) is 0 Å². The second kappa shape index (κ2) is 8.06. The lowest BCUT2D eigenvalue weighted by atomic mass is 10.2. The molecule has 6 nitrogen and oxygen atoms in total. The zero-order valence-electron chi connectivity index (χ0n) is 14.6. The number of hydrogen-bond donors (Lipinski definition) is 2. The summed E-state index contributed by atoms with van der Waals surface area (Å²) in [5, 5.41) is 13.8. The standard InChI is InChI=1S/C21H15BrN4O2/c22-16-9-5-11-18(13-16)24-21(27)23-17-10-4-8-15(12-17)20-26-25-19(28-20)14-6-2-1-3-7-14/h1-13H,(H2,23,24,27). The van der Waals surface area contributed by atoms with E-state index in [1.54, 1.807) is 12.1 Å². The molecule has 1 aromatic heterocycles. The van der Waals surface area contributed by atoms with Crippen LogP contribution in [0.5, 0.6) is 0 Å². The summed E-state index contributed by atoms with van der Waals surface area (Å²) in [4.78, 5) is 12.2. The maximum absolute atomic E-state index is 12.2. The monoisotopic (exact) mass is 434 g/mol. The van der Waals surface area contributed by atoms with Crippen molar-refractivity contribution >= 4 is 33.3 Å². The molecule has 0 radical (unpaired) electrons. The molecular weight excluding hydrogens is 420 g/mol. The van der Waals surface area contributed by atoms with Crippen LogP contribution in [0.3, 0.4) is 0 Å². The molecule has 0 aliphatic carbocycles. The average Bonchev–Trinajstić information content (AvgIpc) is 3.19. The van der Waals surface area contributed by atoms with Crippen LogP contribution >= 0.6 is 15.9 Å². The van der Waals surface area contributed by atoms with Crippen molar-refractivity contribution in [1.82, 2.24) is 10.2 Å². The third kappa shape index (κ3) is 4.27. The van der Waals surface area contributed by atoms with Crippen molar-refractivity contribution in [2.45, 2.75) is 0 Å². The van der Waals surface area contributed by atoms with Gasteiger partial charge in [0.05, 0.1) is 0 Å². The lowest BCUT2D eigenvalue weighted by Crippen LogP contribution is -2.19. The van der Waals surface area contributed by atoms with E-state index in [0.29, 0.717) is 23.2 Å². The minimum absolute atomic E-state index is 0.342. The smallest absolute Gasteiger partial charge is 0.323 e. The van der Waals surface area contributed by atoms with Crippen LogP contribution in [0.15, 0.2) is 87.8 Å². The molecule has 3 aromatic carbocycles. The molecule has 0 fully saturated rings. The van der Waals surface area contributed by atoms with E-state index in [0.717, 1.165) is 15.6 Å². The first-order valence-electron chi connectivity index (χ1n) is 8.50. The van der Waals surface area contributed by atoms with Crippen LogP contribution in [0.1, 0.15) is 0 Å². The van der Waals surface area contributed by atoms with Crippen LogP contribution in [0.4, 0.5) is 16.2 Å². The van der Waals surface area contributed by atoms with Crippen molar-refractivity contribution in [3.63, 3.8) is 0 Å². The molecule has 2 amide bonds. The van der Waals surface area contributed by atoms with E-state index in [1.807, 2.05) is 66.7 Å². The highest BCUT2D eigenvalue weighted by Crippen LogP contribution is 2.25. The summed E-state index contributed by atoms with van der Waals surface area (Å²) in [5.74, 6) is 0.830. The fourth-order valence-corrected chi connectivity index (χ4v) is 3.03. The van der Waals surface area contributed by atoms with Gasteiger partial charge < -0.3 is 15.1 Å². The van der Waals surface area contributed by atoms with Gasteiger partial charge in [-0.3, -0.25) is 0 Å². The van der Waals surface area contributed by atoms with E-state index in [4.69, 9.17) is 4.42 Å². The molecular formula is C21H15BrN4O2. The Bertz CT molecular complexity index is 1110. The first-order valence-corrected chi connectivity index (χ1v) is 9.29. The van der Waals surface area contributed by atoms with E-state index in [-0.39, 0.29) is 6.03 Å². The Morgan fingerprint density at radius 3 is 2.07 bits per heavy atom. The summed E-state index contributed by atoms with van der Waals surface area (Å²) < 4.78 is 6.66. The van der Waals surface area contributed by atoms with Crippen LogP contribution in [0, 0.1) is 0 Å². The van der Waals surface area contributed by atoms with Crippen molar-refractivity contribution in [1.29, 1.82) is 0 Å². The summed E-state index contributed by atoms with van der Waals surface area (Å²) in [6, 6.07) is 23.8. The number of aromatic nitrogens is 2. The second-order valence-corrected chi connectivity index (χ2v) is 6.86. The highest BCUT2D eigenvalue weighted by molar-refractivity contribution is 9.10. The SMILES string of the molecule is O=C(Nc1cccc(Br)c1)Nc1cccc(-c2nnc(-c3ccccc3)o2)c1. The molecule has 4 aromatic rings. The van der Waals surface area contributed by atoms with Gasteiger partial charge in [-0.2, -0.15) is 0 Å². The Morgan fingerprint density at radius 1 is 0.750 bits per heavy atom. The highest BCUT2D eigenvalue weighted by atomic mass is 79.9. The van der Waals surface area contributed by atoms with Gasteiger partial charge in [0.2, 0.25) is 11.8 Å². The van der Waals surface area contributed by atoms with E-state index < -0.39 is 0 Å². The number of carbonyl (C=O) groups excluding carboxylic acids is 1. The topological polar surface area (TPSA) is 80.0 Å². The normalized spacial score (nSPS) is 10.5. The number of halogens is 1. The van der Waals surface area contributed by atoms with E-state index in [1.165, 1.54) is 0 Å². The Kier molecular flexibility index (Phi) is 5.16. The number of rotatable bonds is 4. The molecule has 0 saturated carbocycles. The molecule has 28 heavy (non-hydrogen) atoms. The molecule has 0 saturated heterocycles. The van der Waals surface area contributed by atoms with Gasteiger partial charge >= 0.3 is 6.03 Å². The van der Waals surface area contributed by atoms with Gasteiger partial charge in [-0.05, 0) is 48.5 Å². The van der Waals surface area contributed by atoms with Crippen molar-refractivity contribution in [3.8, 4) is 22.9 Å². The summed E-state index contributed by atoms with van der Waals surface area (Å²) in [5.41, 5.74) is 2.87. The summed E-state index contributed by atoms with van der Waals surface area (Å²) in [6.45, 7) is 0. The molecule has 138 valence electrons. The lowest BCUT2D eigenvalue weighted by molar-refractivity contribution is 0.262. The van der Waals surface area contributed by atoms with E-state index >= 15 is 0 Å². The number of urea groups is 1. The molecule has 0 unspecified atom stereocenters. The second-order valence-electron chi connectivity index (χ2n) is 5.95. The Labute approximate surface area is 169 Å². The predicted octanol–water partition coefficient (Wildman–Crippen LogP) is 5.81. The average molecular weight is 435 g/mol. The largest absolute Gasteiger partial charge is 0.416 e. The Balaban J connectivity index is 1.49. The molecule has 0 aliphatic rings. The van der Waals surface area contributed by atoms with Crippen molar-refractivity contribution in [2.75, 3.05) is 10.6 Å². The van der Waals surface area contributed by atoms with Crippen LogP contribution in [0.25, 0.3) is 22.9 Å². The summed E-state index contributed by atoms with van der Waals surface area (Å²) in [6.07, 6.45) is 0. The van der Waals surface area contributed by atoms with Crippen LogP contribution in [-0.4, -0.2) is 16.2 Å². The molecule has 1 heterocycles. The van der Waals surface area contributed by atoms with Crippen LogP contribution < -0.4 is 10.6 Å². The maximum Gasteiger partial charge on any atom is 0.323 e. The minimum Gasteiger partial charge on any atom is -0.416 e. The fraction of sp³-hybridized carbons (Fsp3) is 0. The quantitative estimate of drug-likeness (QED) is 0.424. The van der Waals surface area contributed by atoms with E-state index in [2.05, 4.69) is 36.8 Å². The molecule has 0 aliphatic heterocycles. The molecule has 2 N–H and O–H groups in total. The number of amides is 2. The van der Waals surface area contributed by atoms with Crippen molar-refractivity contribution < 1.29 is 9.21 Å². The lowest BCUT2D eigenvalue weighted by Gasteiger charge is -2.08. The van der Waals surface area contributed by atoms with Gasteiger partial charge in [-0.25, -0.2) is 4.79 Å². The first-order chi connectivity index (χ1) is 13.7. The van der Waals surface area contributed by atoms with Gasteiger partial charge in [0.1, 0.15) is 0 Å². The number of nitrogens with one attached hydrogen (secondary N) is 2. The molecule has 4 rings (SSSR count).